The fourth-order valence-electron chi connectivity index (χ4n) is 3.46. The first kappa shape index (κ1) is 8.55. The SMILES string of the molecule is CC[N+]1(C)C2CCCC1CCC2. The number of piperidine rings is 2. The molecule has 0 aliphatic carbocycles. The van der Waals surface area contributed by atoms with Crippen molar-refractivity contribution in [2.24, 2.45) is 0 Å². The van der Waals surface area contributed by atoms with Crippen molar-refractivity contribution in [2.75, 3.05) is 13.6 Å². The maximum Gasteiger partial charge on any atom is 0.0890 e. The predicted molar refractivity (Wildman–Crippen MR) is 52.0 cm³/mol. The smallest absolute Gasteiger partial charge is 0.0890 e. The topological polar surface area (TPSA) is 0 Å². The fourth-order valence-corrected chi connectivity index (χ4v) is 3.46. The van der Waals surface area contributed by atoms with Gasteiger partial charge in [0.05, 0.1) is 25.7 Å². The molecule has 12 heavy (non-hydrogen) atoms. The van der Waals surface area contributed by atoms with Gasteiger partial charge in [0.2, 0.25) is 0 Å². The Kier molecular flexibility index (Phi) is 2.16. The summed E-state index contributed by atoms with van der Waals surface area (Å²) in [7, 11) is 2.49. The minimum atomic E-state index is 1.02. The van der Waals surface area contributed by atoms with Crippen LogP contribution in [0.15, 0.2) is 0 Å². The van der Waals surface area contributed by atoms with Crippen molar-refractivity contribution in [2.45, 2.75) is 57.5 Å². The van der Waals surface area contributed by atoms with E-state index in [1.807, 2.05) is 0 Å². The van der Waals surface area contributed by atoms with Gasteiger partial charge < -0.3 is 4.48 Å². The van der Waals surface area contributed by atoms with E-state index in [0.29, 0.717) is 0 Å². The summed E-state index contributed by atoms with van der Waals surface area (Å²) in [6.45, 7) is 3.73. The van der Waals surface area contributed by atoms with E-state index in [-0.39, 0.29) is 0 Å². The minimum absolute atomic E-state index is 1.02. The van der Waals surface area contributed by atoms with E-state index in [1.54, 1.807) is 0 Å². The van der Waals surface area contributed by atoms with Gasteiger partial charge >= 0.3 is 0 Å². The molecule has 2 heterocycles. The molecule has 2 fully saturated rings. The number of fused-ring (bicyclic) bond motifs is 2. The first-order chi connectivity index (χ1) is 5.77. The van der Waals surface area contributed by atoms with Crippen molar-refractivity contribution in [3.63, 3.8) is 0 Å². The molecule has 0 aromatic rings. The maximum atomic E-state index is 2.49. The first-order valence-electron chi connectivity index (χ1n) is 5.62. The van der Waals surface area contributed by atoms with Gasteiger partial charge in [-0.05, 0) is 45.4 Å². The van der Waals surface area contributed by atoms with Crippen molar-refractivity contribution < 1.29 is 4.48 Å². The van der Waals surface area contributed by atoms with E-state index in [1.165, 1.54) is 49.6 Å². The molecule has 0 radical (unpaired) electrons. The van der Waals surface area contributed by atoms with Crippen LogP contribution in [0, 0.1) is 0 Å². The fraction of sp³-hybridized carbons (Fsp3) is 1.00. The highest BCUT2D eigenvalue weighted by atomic mass is 15.4. The second-order valence-corrected chi connectivity index (χ2v) is 4.83. The molecular weight excluding hydrogens is 146 g/mol. The Hall–Kier alpha value is -0.0400. The van der Waals surface area contributed by atoms with Crippen molar-refractivity contribution in [3.8, 4) is 0 Å². The normalized spacial score (nSPS) is 47.5. The van der Waals surface area contributed by atoms with Gasteiger partial charge in [-0.3, -0.25) is 0 Å². The van der Waals surface area contributed by atoms with Crippen molar-refractivity contribution in [1.82, 2.24) is 0 Å². The van der Waals surface area contributed by atoms with E-state index in [4.69, 9.17) is 0 Å². The van der Waals surface area contributed by atoms with Gasteiger partial charge in [0.25, 0.3) is 0 Å². The molecule has 0 unspecified atom stereocenters. The van der Waals surface area contributed by atoms with Crippen LogP contribution in [0.3, 0.4) is 0 Å². The van der Waals surface area contributed by atoms with Crippen LogP contribution < -0.4 is 0 Å². The number of quaternary nitrogens is 1. The largest absolute Gasteiger partial charge is 0.321 e. The second kappa shape index (κ2) is 3.02. The van der Waals surface area contributed by atoms with Gasteiger partial charge in [0, 0.05) is 0 Å². The molecule has 1 nitrogen and oxygen atoms in total. The summed E-state index contributed by atoms with van der Waals surface area (Å²) in [6, 6.07) is 2.03. The molecule has 2 saturated heterocycles. The monoisotopic (exact) mass is 168 g/mol. The summed E-state index contributed by atoms with van der Waals surface area (Å²) in [5, 5.41) is 0. The molecule has 0 aromatic heterocycles. The molecule has 2 rings (SSSR count). The number of hydrogen-bond donors (Lipinski definition) is 0. The highest BCUT2D eigenvalue weighted by Gasteiger charge is 2.44. The molecule has 2 bridgehead atoms. The Labute approximate surface area is 76.3 Å². The van der Waals surface area contributed by atoms with Gasteiger partial charge in [0.15, 0.2) is 0 Å². The number of rotatable bonds is 1. The van der Waals surface area contributed by atoms with Gasteiger partial charge in [-0.1, -0.05) is 0 Å². The Balaban J connectivity index is 2.18. The third-order valence-electron chi connectivity index (χ3n) is 4.50. The Morgan fingerprint density at radius 3 is 1.67 bits per heavy atom. The van der Waals surface area contributed by atoms with Gasteiger partial charge in [-0.25, -0.2) is 0 Å². The Morgan fingerprint density at radius 2 is 1.42 bits per heavy atom. The molecule has 2 aliphatic rings. The molecule has 0 atom stereocenters. The van der Waals surface area contributed by atoms with Crippen LogP contribution in [0.25, 0.3) is 0 Å². The zero-order valence-corrected chi connectivity index (χ0v) is 8.55. The summed E-state index contributed by atoms with van der Waals surface area (Å²) >= 11 is 0. The van der Waals surface area contributed by atoms with Crippen LogP contribution in [0.2, 0.25) is 0 Å². The Bertz CT molecular complexity index is 142. The summed E-state index contributed by atoms with van der Waals surface area (Å²) in [5.74, 6) is 0. The van der Waals surface area contributed by atoms with E-state index in [0.717, 1.165) is 12.1 Å². The molecule has 0 aromatic carbocycles. The summed E-state index contributed by atoms with van der Waals surface area (Å²) in [4.78, 5) is 0. The van der Waals surface area contributed by atoms with Crippen LogP contribution >= 0.6 is 0 Å². The average Bonchev–Trinajstić information content (AvgIpc) is 2.03. The summed E-state index contributed by atoms with van der Waals surface area (Å²) < 4.78 is 1.40. The number of hydrogen-bond acceptors (Lipinski definition) is 0. The molecular formula is C11H22N+. The van der Waals surface area contributed by atoms with E-state index in [2.05, 4.69) is 14.0 Å². The zero-order chi connectivity index (χ0) is 8.60. The van der Waals surface area contributed by atoms with Crippen LogP contribution in [0.5, 0.6) is 0 Å². The second-order valence-electron chi connectivity index (χ2n) is 4.83. The molecule has 0 saturated carbocycles. The van der Waals surface area contributed by atoms with Crippen molar-refractivity contribution in [3.05, 3.63) is 0 Å². The maximum absolute atomic E-state index is 2.49. The first-order valence-corrected chi connectivity index (χ1v) is 5.62. The van der Waals surface area contributed by atoms with E-state index in [9.17, 15) is 0 Å². The third-order valence-corrected chi connectivity index (χ3v) is 4.50. The molecule has 2 aliphatic heterocycles. The average molecular weight is 168 g/mol. The zero-order valence-electron chi connectivity index (χ0n) is 8.55. The lowest BCUT2D eigenvalue weighted by Crippen LogP contribution is -2.62. The molecule has 70 valence electrons. The van der Waals surface area contributed by atoms with Crippen LogP contribution in [-0.2, 0) is 0 Å². The lowest BCUT2D eigenvalue weighted by Gasteiger charge is -2.53. The van der Waals surface area contributed by atoms with E-state index >= 15 is 0 Å². The molecule has 1 heteroatoms. The lowest BCUT2D eigenvalue weighted by molar-refractivity contribution is -0.965. The van der Waals surface area contributed by atoms with Crippen molar-refractivity contribution >= 4 is 0 Å². The summed E-state index contributed by atoms with van der Waals surface area (Å²) in [6.07, 6.45) is 9.01. The third kappa shape index (κ3) is 1.10. The highest BCUT2D eigenvalue weighted by Crippen LogP contribution is 2.38. The number of nitrogens with zero attached hydrogens (tertiary/aromatic N) is 1. The molecule has 0 N–H and O–H groups in total. The standard InChI is InChI=1S/C11H22N/c1-3-12(2)10-6-4-7-11(12)9-5-8-10/h10-11H,3-9H2,1-2H3/q+1. The van der Waals surface area contributed by atoms with Crippen molar-refractivity contribution in [1.29, 1.82) is 0 Å². The van der Waals surface area contributed by atoms with Crippen LogP contribution in [0.1, 0.15) is 45.4 Å². The lowest BCUT2D eigenvalue weighted by atomic mass is 9.82. The van der Waals surface area contributed by atoms with Gasteiger partial charge in [-0.2, -0.15) is 0 Å². The predicted octanol–water partition coefficient (Wildman–Crippen LogP) is 2.56. The quantitative estimate of drug-likeness (QED) is 0.528. The van der Waals surface area contributed by atoms with Crippen LogP contribution in [-0.4, -0.2) is 30.2 Å². The molecule has 0 amide bonds. The van der Waals surface area contributed by atoms with Gasteiger partial charge in [-0.15, -0.1) is 0 Å². The highest BCUT2D eigenvalue weighted by molar-refractivity contribution is 4.78. The van der Waals surface area contributed by atoms with E-state index < -0.39 is 0 Å². The molecule has 0 spiro atoms. The summed E-state index contributed by atoms with van der Waals surface area (Å²) in [5.41, 5.74) is 0. The minimum Gasteiger partial charge on any atom is -0.321 e. The Morgan fingerprint density at radius 1 is 1.00 bits per heavy atom. The van der Waals surface area contributed by atoms with Crippen LogP contribution in [0.4, 0.5) is 0 Å². The van der Waals surface area contributed by atoms with Gasteiger partial charge in [0.1, 0.15) is 0 Å².